The average molecular weight is 416 g/mol. The molecule has 0 radical (unpaired) electrons. The monoisotopic (exact) mass is 416 g/mol. The van der Waals surface area contributed by atoms with Crippen LogP contribution in [0, 0.1) is 0 Å². The molecule has 0 spiro atoms. The predicted octanol–water partition coefficient (Wildman–Crippen LogP) is 5.04. The summed E-state index contributed by atoms with van der Waals surface area (Å²) in [5.74, 6) is -2.19. The van der Waals surface area contributed by atoms with E-state index in [2.05, 4.69) is 14.7 Å². The molecule has 1 heterocycles. The molecule has 0 fully saturated rings. The molecule has 0 saturated heterocycles. The Balaban J connectivity index is 1.62. The summed E-state index contributed by atoms with van der Waals surface area (Å²) < 4.78 is 84.3. The molecule has 0 aliphatic carbocycles. The van der Waals surface area contributed by atoms with Crippen LogP contribution < -0.4 is 4.74 Å². The molecule has 29 heavy (non-hydrogen) atoms. The highest BCUT2D eigenvalue weighted by molar-refractivity contribution is 5.97. The molecule has 0 aliphatic heterocycles. The maximum atomic E-state index is 12.5. The van der Waals surface area contributed by atoms with E-state index in [9.17, 15) is 31.1 Å². The number of hydrogen-bond acceptors (Lipinski definition) is 5. The largest absolute Gasteiger partial charge is 0.485 e. The van der Waals surface area contributed by atoms with Gasteiger partial charge in [-0.05, 0) is 24.3 Å². The zero-order chi connectivity index (χ0) is 21.2. The third kappa shape index (κ3) is 4.92. The number of benzene rings is 2. The van der Waals surface area contributed by atoms with Crippen LogP contribution in [0.3, 0.4) is 0 Å². The smallest absolute Gasteiger partial charge is 0.471 e. The number of ether oxygens (including phenoxy) is 1. The number of carbonyl (C=O) groups excluding carboxylic acids is 1. The molecule has 1 aromatic heterocycles. The molecule has 0 amide bonds. The molecule has 0 aliphatic rings. The van der Waals surface area contributed by atoms with E-state index in [1.54, 1.807) is 0 Å². The van der Waals surface area contributed by atoms with E-state index in [1.165, 1.54) is 24.3 Å². The molecule has 152 valence electrons. The maximum absolute atomic E-state index is 12.5. The van der Waals surface area contributed by atoms with E-state index in [1.807, 2.05) is 0 Å². The van der Waals surface area contributed by atoms with E-state index >= 15 is 0 Å². The van der Waals surface area contributed by atoms with Crippen LogP contribution in [0.25, 0.3) is 11.4 Å². The molecule has 5 nitrogen and oxygen atoms in total. The third-order valence-electron chi connectivity index (χ3n) is 3.69. The minimum atomic E-state index is -4.77. The van der Waals surface area contributed by atoms with Gasteiger partial charge in [-0.25, -0.2) is 0 Å². The second kappa shape index (κ2) is 7.57. The van der Waals surface area contributed by atoms with Gasteiger partial charge in [0.1, 0.15) is 5.75 Å². The van der Waals surface area contributed by atoms with Crippen molar-refractivity contribution < 1.29 is 40.4 Å². The third-order valence-corrected chi connectivity index (χ3v) is 3.69. The molecule has 3 rings (SSSR count). The van der Waals surface area contributed by atoms with Gasteiger partial charge in [-0.1, -0.05) is 29.4 Å². The normalized spacial score (nSPS) is 12.1. The van der Waals surface area contributed by atoms with Gasteiger partial charge in [0.2, 0.25) is 5.82 Å². The number of aromatic nitrogens is 2. The van der Waals surface area contributed by atoms with Gasteiger partial charge in [-0.15, -0.1) is 0 Å². The molecule has 0 saturated carbocycles. The lowest BCUT2D eigenvalue weighted by molar-refractivity contribution is -0.159. The van der Waals surface area contributed by atoms with Crippen molar-refractivity contribution in [2.75, 3.05) is 6.61 Å². The second-order valence-corrected chi connectivity index (χ2v) is 5.73. The fraction of sp³-hybridized carbons (Fsp3) is 0.167. The Morgan fingerprint density at radius 2 is 1.52 bits per heavy atom. The SMILES string of the molecule is O=C(COc1ccc(C(F)(F)F)cc1)c1ccc(-c2noc(C(F)(F)F)n2)cc1. The van der Waals surface area contributed by atoms with Crippen LogP contribution in [-0.2, 0) is 12.4 Å². The van der Waals surface area contributed by atoms with Crippen LogP contribution in [0.5, 0.6) is 5.75 Å². The van der Waals surface area contributed by atoms with Crippen molar-refractivity contribution >= 4 is 5.78 Å². The molecule has 0 unspecified atom stereocenters. The van der Waals surface area contributed by atoms with Crippen LogP contribution >= 0.6 is 0 Å². The Bertz CT molecular complexity index is 992. The van der Waals surface area contributed by atoms with E-state index < -0.39 is 36.2 Å². The van der Waals surface area contributed by atoms with Crippen LogP contribution in [0.4, 0.5) is 26.3 Å². The lowest BCUT2D eigenvalue weighted by Crippen LogP contribution is -2.12. The Kier molecular flexibility index (Phi) is 5.31. The highest BCUT2D eigenvalue weighted by Gasteiger charge is 2.38. The Morgan fingerprint density at radius 1 is 0.897 bits per heavy atom. The van der Waals surface area contributed by atoms with E-state index in [-0.39, 0.29) is 22.7 Å². The van der Waals surface area contributed by atoms with Gasteiger partial charge in [-0.2, -0.15) is 31.3 Å². The summed E-state index contributed by atoms with van der Waals surface area (Å²) in [7, 11) is 0. The van der Waals surface area contributed by atoms with Crippen molar-refractivity contribution in [3.63, 3.8) is 0 Å². The molecular formula is C18H10F6N2O3. The predicted molar refractivity (Wildman–Crippen MR) is 86.0 cm³/mol. The fourth-order valence-corrected chi connectivity index (χ4v) is 2.23. The summed E-state index contributed by atoms with van der Waals surface area (Å²) in [6, 6.07) is 9.16. The van der Waals surface area contributed by atoms with Crippen molar-refractivity contribution in [3.8, 4) is 17.1 Å². The highest BCUT2D eigenvalue weighted by Crippen LogP contribution is 2.31. The van der Waals surface area contributed by atoms with Crippen molar-refractivity contribution in [1.82, 2.24) is 10.1 Å². The van der Waals surface area contributed by atoms with Crippen LogP contribution in [0.15, 0.2) is 53.1 Å². The van der Waals surface area contributed by atoms with Crippen LogP contribution in [-0.4, -0.2) is 22.5 Å². The topological polar surface area (TPSA) is 65.2 Å². The Labute approximate surface area is 158 Å². The molecular weight excluding hydrogens is 406 g/mol. The standard InChI is InChI=1S/C18H10F6N2O3/c19-17(20,21)12-5-7-13(8-6-12)28-9-14(27)10-1-3-11(4-2-10)15-25-16(29-26-15)18(22,23)24/h1-8H,9H2. The summed E-state index contributed by atoms with van der Waals surface area (Å²) in [4.78, 5) is 15.4. The number of alkyl halides is 6. The first-order valence-corrected chi connectivity index (χ1v) is 7.88. The van der Waals surface area contributed by atoms with Gasteiger partial charge < -0.3 is 9.26 Å². The number of nitrogens with zero attached hydrogens (tertiary/aromatic N) is 2. The lowest BCUT2D eigenvalue weighted by atomic mass is 10.1. The first-order chi connectivity index (χ1) is 13.5. The Morgan fingerprint density at radius 3 is 2.03 bits per heavy atom. The number of hydrogen-bond donors (Lipinski definition) is 0. The quantitative estimate of drug-likeness (QED) is 0.431. The van der Waals surface area contributed by atoms with Gasteiger partial charge in [0.25, 0.3) is 0 Å². The number of Topliss-reactive ketones (excluding diaryl/α,β-unsaturated/α-hetero) is 1. The molecule has 2 aromatic carbocycles. The average Bonchev–Trinajstić information content (AvgIpc) is 3.16. The van der Waals surface area contributed by atoms with Crippen molar-refractivity contribution in [2.45, 2.75) is 12.4 Å². The fourth-order valence-electron chi connectivity index (χ4n) is 2.23. The number of halogens is 6. The summed E-state index contributed by atoms with van der Waals surface area (Å²) in [5, 5.41) is 3.23. The second-order valence-electron chi connectivity index (χ2n) is 5.73. The van der Waals surface area contributed by atoms with E-state index in [0.29, 0.717) is 0 Å². The lowest BCUT2D eigenvalue weighted by Gasteiger charge is -2.09. The molecule has 0 atom stereocenters. The molecule has 3 aromatic rings. The van der Waals surface area contributed by atoms with Gasteiger partial charge in [-0.3, -0.25) is 4.79 Å². The van der Waals surface area contributed by atoms with Crippen molar-refractivity contribution in [2.24, 2.45) is 0 Å². The maximum Gasteiger partial charge on any atom is 0.471 e. The number of ketones is 1. The van der Waals surface area contributed by atoms with Crippen LogP contribution in [0.2, 0.25) is 0 Å². The van der Waals surface area contributed by atoms with Gasteiger partial charge in [0.15, 0.2) is 12.4 Å². The summed E-state index contributed by atoms with van der Waals surface area (Å²) in [6.45, 7) is -0.439. The highest BCUT2D eigenvalue weighted by atomic mass is 19.4. The van der Waals surface area contributed by atoms with Gasteiger partial charge in [0.05, 0.1) is 5.56 Å². The molecule has 0 N–H and O–H groups in total. The Hall–Kier alpha value is -3.37. The first kappa shape index (κ1) is 20.4. The zero-order valence-electron chi connectivity index (χ0n) is 14.2. The van der Waals surface area contributed by atoms with Crippen LogP contribution in [0.1, 0.15) is 21.8 Å². The molecule has 0 bridgehead atoms. The van der Waals surface area contributed by atoms with Gasteiger partial charge in [0, 0.05) is 11.1 Å². The van der Waals surface area contributed by atoms with E-state index in [0.717, 1.165) is 24.3 Å². The van der Waals surface area contributed by atoms with Crippen molar-refractivity contribution in [3.05, 3.63) is 65.5 Å². The summed E-state index contributed by atoms with van der Waals surface area (Å²) in [5.41, 5.74) is -0.466. The summed E-state index contributed by atoms with van der Waals surface area (Å²) in [6.07, 6.45) is -9.24. The van der Waals surface area contributed by atoms with Gasteiger partial charge >= 0.3 is 18.2 Å². The number of carbonyl (C=O) groups is 1. The van der Waals surface area contributed by atoms with E-state index in [4.69, 9.17) is 4.74 Å². The zero-order valence-corrected chi connectivity index (χ0v) is 14.2. The minimum Gasteiger partial charge on any atom is -0.485 e. The minimum absolute atomic E-state index is 0.0782. The van der Waals surface area contributed by atoms with Crippen molar-refractivity contribution in [1.29, 1.82) is 0 Å². The first-order valence-electron chi connectivity index (χ1n) is 7.88. The number of rotatable bonds is 5. The summed E-state index contributed by atoms with van der Waals surface area (Å²) >= 11 is 0. The molecule has 11 heteroatoms.